The van der Waals surface area contributed by atoms with Crippen LogP contribution in [-0.4, -0.2) is 4.92 Å². The van der Waals surface area contributed by atoms with Crippen molar-refractivity contribution < 1.29 is 4.92 Å². The molecule has 2 aromatic carbocycles. The molecule has 1 unspecified atom stereocenters. The molecule has 2 rings (SSSR count). The number of nitro groups is 1. The molecule has 0 radical (unpaired) electrons. The first-order valence-corrected chi connectivity index (χ1v) is 6.51. The fourth-order valence-corrected chi connectivity index (χ4v) is 2.64. The second kappa shape index (κ2) is 5.69. The molecule has 0 amide bonds. The Bertz CT molecular complexity index is 525. The summed E-state index contributed by atoms with van der Waals surface area (Å²) in [5.74, 6) is 0. The predicted octanol–water partition coefficient (Wildman–Crippen LogP) is 4.45. The van der Waals surface area contributed by atoms with E-state index >= 15 is 0 Å². The highest BCUT2D eigenvalue weighted by molar-refractivity contribution is 7.99. The van der Waals surface area contributed by atoms with E-state index in [2.05, 4.69) is 19.1 Å². The Kier molecular flexibility index (Phi) is 3.99. The van der Waals surface area contributed by atoms with Crippen molar-refractivity contribution in [3.63, 3.8) is 0 Å². The summed E-state index contributed by atoms with van der Waals surface area (Å²) in [6.07, 6.45) is 0. The average molecular weight is 259 g/mol. The van der Waals surface area contributed by atoms with E-state index in [0.29, 0.717) is 5.25 Å². The van der Waals surface area contributed by atoms with Gasteiger partial charge in [0.2, 0.25) is 0 Å². The molecule has 0 aliphatic heterocycles. The summed E-state index contributed by atoms with van der Waals surface area (Å²) in [4.78, 5) is 11.2. The summed E-state index contributed by atoms with van der Waals surface area (Å²) >= 11 is 1.69. The van der Waals surface area contributed by atoms with Gasteiger partial charge >= 0.3 is 0 Å². The molecule has 4 heteroatoms. The zero-order chi connectivity index (χ0) is 13.0. The third kappa shape index (κ3) is 3.11. The van der Waals surface area contributed by atoms with Crippen LogP contribution >= 0.6 is 11.8 Å². The van der Waals surface area contributed by atoms with Crippen LogP contribution in [0.2, 0.25) is 0 Å². The standard InChI is InChI=1S/C14H13NO2S/c1-11(12-5-3-2-4-6-12)18-14-9-7-13(8-10-14)15(16)17/h2-11H,1H3. The van der Waals surface area contributed by atoms with E-state index < -0.39 is 0 Å². The number of nitro benzene ring substituents is 1. The summed E-state index contributed by atoms with van der Waals surface area (Å²) in [7, 11) is 0. The highest BCUT2D eigenvalue weighted by atomic mass is 32.2. The smallest absolute Gasteiger partial charge is 0.258 e. The van der Waals surface area contributed by atoms with Crippen molar-refractivity contribution in [3.8, 4) is 0 Å². The molecule has 0 N–H and O–H groups in total. The molecule has 1 atom stereocenters. The fraction of sp³-hybridized carbons (Fsp3) is 0.143. The van der Waals surface area contributed by atoms with E-state index in [9.17, 15) is 10.1 Å². The number of nitrogens with zero attached hydrogens (tertiary/aromatic N) is 1. The topological polar surface area (TPSA) is 43.1 Å². The number of rotatable bonds is 4. The van der Waals surface area contributed by atoms with Crippen LogP contribution in [0.1, 0.15) is 17.7 Å². The van der Waals surface area contributed by atoms with Gasteiger partial charge in [-0.2, -0.15) is 0 Å². The van der Waals surface area contributed by atoms with Gasteiger partial charge in [0.05, 0.1) is 4.92 Å². The average Bonchev–Trinajstić information content (AvgIpc) is 2.40. The maximum atomic E-state index is 10.6. The molecule has 0 heterocycles. The van der Waals surface area contributed by atoms with E-state index in [1.54, 1.807) is 36.0 Å². The monoisotopic (exact) mass is 259 g/mol. The molecule has 0 saturated heterocycles. The normalized spacial score (nSPS) is 12.1. The molecular formula is C14H13NO2S. The molecule has 0 aromatic heterocycles. The highest BCUT2D eigenvalue weighted by Gasteiger charge is 2.09. The summed E-state index contributed by atoms with van der Waals surface area (Å²) in [5, 5.41) is 10.9. The van der Waals surface area contributed by atoms with Crippen LogP contribution in [0.5, 0.6) is 0 Å². The first-order valence-electron chi connectivity index (χ1n) is 5.63. The lowest BCUT2D eigenvalue weighted by molar-refractivity contribution is -0.384. The van der Waals surface area contributed by atoms with Gasteiger partial charge in [-0.1, -0.05) is 30.3 Å². The quantitative estimate of drug-likeness (QED) is 0.463. The Morgan fingerprint density at radius 3 is 2.22 bits per heavy atom. The Morgan fingerprint density at radius 2 is 1.67 bits per heavy atom. The largest absolute Gasteiger partial charge is 0.269 e. The number of hydrogen-bond donors (Lipinski definition) is 0. The molecule has 3 nitrogen and oxygen atoms in total. The fourth-order valence-electron chi connectivity index (χ4n) is 1.64. The zero-order valence-electron chi connectivity index (χ0n) is 9.95. The third-order valence-corrected chi connectivity index (χ3v) is 3.80. The third-order valence-electron chi connectivity index (χ3n) is 2.63. The maximum Gasteiger partial charge on any atom is 0.269 e. The summed E-state index contributed by atoms with van der Waals surface area (Å²) < 4.78 is 0. The van der Waals surface area contributed by atoms with Gasteiger partial charge in [0, 0.05) is 22.3 Å². The van der Waals surface area contributed by atoms with Gasteiger partial charge in [-0.25, -0.2) is 0 Å². The van der Waals surface area contributed by atoms with E-state index in [-0.39, 0.29) is 10.6 Å². The van der Waals surface area contributed by atoms with Crippen molar-refractivity contribution in [3.05, 3.63) is 70.3 Å². The van der Waals surface area contributed by atoms with Crippen LogP contribution in [0.4, 0.5) is 5.69 Å². The number of thioether (sulfide) groups is 1. The molecule has 92 valence electrons. The summed E-state index contributed by atoms with van der Waals surface area (Å²) in [6, 6.07) is 16.9. The Balaban J connectivity index is 2.08. The highest BCUT2D eigenvalue weighted by Crippen LogP contribution is 2.35. The molecule has 18 heavy (non-hydrogen) atoms. The lowest BCUT2D eigenvalue weighted by atomic mass is 10.2. The van der Waals surface area contributed by atoms with Gasteiger partial charge < -0.3 is 0 Å². The van der Waals surface area contributed by atoms with Crippen LogP contribution in [0, 0.1) is 10.1 Å². The molecular weight excluding hydrogens is 246 g/mol. The molecule has 0 saturated carbocycles. The van der Waals surface area contributed by atoms with Crippen LogP contribution in [0.25, 0.3) is 0 Å². The van der Waals surface area contributed by atoms with Crippen molar-refractivity contribution in [1.29, 1.82) is 0 Å². The van der Waals surface area contributed by atoms with Crippen molar-refractivity contribution in [1.82, 2.24) is 0 Å². The number of benzene rings is 2. The van der Waals surface area contributed by atoms with Crippen molar-refractivity contribution in [2.45, 2.75) is 17.1 Å². The predicted molar refractivity (Wildman–Crippen MR) is 73.8 cm³/mol. The summed E-state index contributed by atoms with van der Waals surface area (Å²) in [6.45, 7) is 2.13. The SMILES string of the molecule is CC(Sc1ccc([N+](=O)[O-])cc1)c1ccccc1. The zero-order valence-corrected chi connectivity index (χ0v) is 10.8. The first-order chi connectivity index (χ1) is 8.66. The Morgan fingerprint density at radius 1 is 1.06 bits per heavy atom. The van der Waals surface area contributed by atoms with Gasteiger partial charge in [0.25, 0.3) is 5.69 Å². The lowest BCUT2D eigenvalue weighted by Gasteiger charge is -2.11. The minimum Gasteiger partial charge on any atom is -0.258 e. The molecule has 0 spiro atoms. The van der Waals surface area contributed by atoms with E-state index in [1.165, 1.54) is 5.56 Å². The minimum absolute atomic E-state index is 0.131. The van der Waals surface area contributed by atoms with Crippen LogP contribution in [0.3, 0.4) is 0 Å². The molecule has 0 aliphatic rings. The van der Waals surface area contributed by atoms with Gasteiger partial charge in [-0.05, 0) is 24.6 Å². The van der Waals surface area contributed by atoms with Crippen LogP contribution < -0.4 is 0 Å². The van der Waals surface area contributed by atoms with Crippen molar-refractivity contribution >= 4 is 17.4 Å². The van der Waals surface area contributed by atoms with Gasteiger partial charge in [-0.3, -0.25) is 10.1 Å². The van der Waals surface area contributed by atoms with Gasteiger partial charge in [-0.15, -0.1) is 11.8 Å². The van der Waals surface area contributed by atoms with E-state index in [1.807, 2.05) is 18.2 Å². The number of hydrogen-bond acceptors (Lipinski definition) is 3. The minimum atomic E-state index is -0.380. The van der Waals surface area contributed by atoms with Gasteiger partial charge in [0.15, 0.2) is 0 Å². The maximum absolute atomic E-state index is 10.6. The van der Waals surface area contributed by atoms with E-state index in [4.69, 9.17) is 0 Å². The second-order valence-electron chi connectivity index (χ2n) is 3.92. The summed E-state index contributed by atoms with van der Waals surface area (Å²) in [5.41, 5.74) is 1.38. The Hall–Kier alpha value is -1.81. The van der Waals surface area contributed by atoms with Crippen molar-refractivity contribution in [2.24, 2.45) is 0 Å². The Labute approximate surface area is 110 Å². The first kappa shape index (κ1) is 12.6. The lowest BCUT2D eigenvalue weighted by Crippen LogP contribution is -1.89. The van der Waals surface area contributed by atoms with E-state index in [0.717, 1.165) is 4.90 Å². The molecule has 0 aliphatic carbocycles. The molecule has 2 aromatic rings. The molecule has 0 fully saturated rings. The van der Waals surface area contributed by atoms with Gasteiger partial charge in [0.1, 0.15) is 0 Å². The second-order valence-corrected chi connectivity index (χ2v) is 5.34. The van der Waals surface area contributed by atoms with Crippen LogP contribution in [0.15, 0.2) is 59.5 Å². The number of non-ortho nitro benzene ring substituents is 1. The van der Waals surface area contributed by atoms with Crippen LogP contribution in [-0.2, 0) is 0 Å². The molecule has 0 bridgehead atoms. The van der Waals surface area contributed by atoms with Crippen molar-refractivity contribution in [2.75, 3.05) is 0 Å².